The molecule has 0 saturated heterocycles. The van der Waals surface area contributed by atoms with Gasteiger partial charge >= 0.3 is 0 Å². The summed E-state index contributed by atoms with van der Waals surface area (Å²) in [6, 6.07) is 10.5. The van der Waals surface area contributed by atoms with Gasteiger partial charge < -0.3 is 4.90 Å². The summed E-state index contributed by atoms with van der Waals surface area (Å²) in [4.78, 5) is 2.06. The molecule has 1 atom stereocenters. The van der Waals surface area contributed by atoms with Crippen molar-refractivity contribution in [2.45, 2.75) is 12.8 Å². The molecule has 0 aliphatic heterocycles. The Labute approximate surface area is 80.7 Å². The van der Waals surface area contributed by atoms with Crippen molar-refractivity contribution in [1.29, 1.82) is 0 Å². The Bertz CT molecular complexity index is 262. The van der Waals surface area contributed by atoms with Crippen molar-refractivity contribution in [2.75, 3.05) is 14.1 Å². The quantitative estimate of drug-likeness (QED) is 0.682. The summed E-state index contributed by atoms with van der Waals surface area (Å²) in [6.45, 7) is 2.20. The van der Waals surface area contributed by atoms with E-state index in [0.717, 1.165) is 0 Å². The molecule has 13 heavy (non-hydrogen) atoms. The maximum Gasteiger partial charge on any atom is 0.00555 e. The van der Waals surface area contributed by atoms with Crippen molar-refractivity contribution in [3.63, 3.8) is 0 Å². The molecule has 0 spiro atoms. The largest absolute Gasteiger partial charge is 0.384 e. The number of rotatable bonds is 3. The van der Waals surface area contributed by atoms with Crippen LogP contribution in [0.4, 0.5) is 0 Å². The first-order chi connectivity index (χ1) is 6.20. The second kappa shape index (κ2) is 4.70. The summed E-state index contributed by atoms with van der Waals surface area (Å²) in [5.74, 6) is 0.489. The Kier molecular flexibility index (Phi) is 3.56. The van der Waals surface area contributed by atoms with E-state index in [-0.39, 0.29) is 0 Å². The van der Waals surface area contributed by atoms with E-state index in [1.807, 2.05) is 20.2 Å². The molecule has 0 amide bonds. The molecule has 0 fully saturated rings. The minimum Gasteiger partial charge on any atom is -0.384 e. The van der Waals surface area contributed by atoms with Gasteiger partial charge in [-0.1, -0.05) is 43.3 Å². The van der Waals surface area contributed by atoms with Crippen LogP contribution in [0.1, 0.15) is 18.4 Å². The molecule has 0 bridgehead atoms. The third-order valence-electron chi connectivity index (χ3n) is 2.00. The monoisotopic (exact) mass is 175 g/mol. The lowest BCUT2D eigenvalue weighted by atomic mass is 10.0. The van der Waals surface area contributed by atoms with Crippen LogP contribution < -0.4 is 0 Å². The first kappa shape index (κ1) is 9.85. The van der Waals surface area contributed by atoms with Gasteiger partial charge in [0.2, 0.25) is 0 Å². The van der Waals surface area contributed by atoms with Gasteiger partial charge in [0.1, 0.15) is 0 Å². The Hall–Kier alpha value is -1.24. The highest BCUT2D eigenvalue weighted by molar-refractivity contribution is 5.22. The fourth-order valence-corrected chi connectivity index (χ4v) is 1.17. The maximum atomic E-state index is 2.20. The van der Waals surface area contributed by atoms with E-state index in [1.165, 1.54) is 5.56 Å². The highest BCUT2D eigenvalue weighted by Gasteiger charge is 1.98. The fourth-order valence-electron chi connectivity index (χ4n) is 1.17. The van der Waals surface area contributed by atoms with Crippen LogP contribution in [0.25, 0.3) is 0 Å². The zero-order valence-corrected chi connectivity index (χ0v) is 8.57. The van der Waals surface area contributed by atoms with Crippen LogP contribution in [-0.2, 0) is 0 Å². The van der Waals surface area contributed by atoms with Gasteiger partial charge in [0.15, 0.2) is 0 Å². The van der Waals surface area contributed by atoms with Crippen LogP contribution in [0.2, 0.25) is 0 Å². The molecule has 1 nitrogen and oxygen atoms in total. The van der Waals surface area contributed by atoms with Gasteiger partial charge in [0.25, 0.3) is 0 Å². The zero-order valence-electron chi connectivity index (χ0n) is 8.57. The molecule has 0 aromatic heterocycles. The SMILES string of the molecule is C[C@@H](/C=C/N(C)C)c1ccccc1. The summed E-state index contributed by atoms with van der Waals surface area (Å²) < 4.78 is 0. The van der Waals surface area contributed by atoms with Gasteiger partial charge in [-0.3, -0.25) is 0 Å². The molecule has 0 saturated carbocycles. The molecule has 1 rings (SSSR count). The minimum absolute atomic E-state index is 0.489. The van der Waals surface area contributed by atoms with Crippen molar-refractivity contribution in [3.8, 4) is 0 Å². The highest BCUT2D eigenvalue weighted by Crippen LogP contribution is 2.15. The zero-order chi connectivity index (χ0) is 9.68. The predicted molar refractivity (Wildman–Crippen MR) is 57.7 cm³/mol. The normalized spacial score (nSPS) is 13.2. The van der Waals surface area contributed by atoms with Crippen molar-refractivity contribution in [3.05, 3.63) is 48.2 Å². The van der Waals surface area contributed by atoms with Crippen LogP contribution in [0.5, 0.6) is 0 Å². The summed E-state index contributed by atoms with van der Waals surface area (Å²) in [5.41, 5.74) is 1.36. The van der Waals surface area contributed by atoms with E-state index in [0.29, 0.717) is 5.92 Å². The van der Waals surface area contributed by atoms with Crippen molar-refractivity contribution < 1.29 is 0 Å². The average Bonchev–Trinajstić information content (AvgIpc) is 2.15. The smallest absolute Gasteiger partial charge is 0.00555 e. The number of hydrogen-bond donors (Lipinski definition) is 0. The molecule has 0 unspecified atom stereocenters. The number of benzene rings is 1. The molecule has 0 heterocycles. The van der Waals surface area contributed by atoms with Gasteiger partial charge in [0.05, 0.1) is 0 Å². The van der Waals surface area contributed by atoms with E-state index in [4.69, 9.17) is 0 Å². The molecule has 0 aliphatic carbocycles. The van der Waals surface area contributed by atoms with Crippen molar-refractivity contribution in [2.24, 2.45) is 0 Å². The Balaban J connectivity index is 2.64. The van der Waals surface area contributed by atoms with E-state index in [9.17, 15) is 0 Å². The first-order valence-electron chi connectivity index (χ1n) is 4.60. The fraction of sp³-hybridized carbons (Fsp3) is 0.333. The number of hydrogen-bond acceptors (Lipinski definition) is 1. The van der Waals surface area contributed by atoms with Gasteiger partial charge in [-0.05, 0) is 11.8 Å². The van der Waals surface area contributed by atoms with Crippen LogP contribution in [0, 0.1) is 0 Å². The molecule has 1 aromatic rings. The Morgan fingerprint density at radius 3 is 2.31 bits per heavy atom. The summed E-state index contributed by atoms with van der Waals surface area (Å²) in [6.07, 6.45) is 4.30. The predicted octanol–water partition coefficient (Wildman–Crippen LogP) is 2.87. The third-order valence-corrected chi connectivity index (χ3v) is 2.00. The minimum atomic E-state index is 0.489. The molecular formula is C12H17N. The second-order valence-corrected chi connectivity index (χ2v) is 3.50. The maximum absolute atomic E-state index is 2.20. The molecule has 1 heteroatoms. The number of nitrogens with zero attached hydrogens (tertiary/aromatic N) is 1. The lowest BCUT2D eigenvalue weighted by molar-refractivity contribution is 0.559. The van der Waals surface area contributed by atoms with Crippen LogP contribution in [0.3, 0.4) is 0 Å². The molecule has 0 N–H and O–H groups in total. The average molecular weight is 175 g/mol. The van der Waals surface area contributed by atoms with Crippen LogP contribution in [-0.4, -0.2) is 19.0 Å². The molecule has 70 valence electrons. The highest BCUT2D eigenvalue weighted by atomic mass is 15.0. The van der Waals surface area contributed by atoms with Gasteiger partial charge in [-0.2, -0.15) is 0 Å². The topological polar surface area (TPSA) is 3.24 Å². The van der Waals surface area contributed by atoms with Gasteiger partial charge in [0, 0.05) is 20.0 Å². The van der Waals surface area contributed by atoms with Crippen molar-refractivity contribution >= 4 is 0 Å². The van der Waals surface area contributed by atoms with Gasteiger partial charge in [-0.25, -0.2) is 0 Å². The van der Waals surface area contributed by atoms with Crippen LogP contribution in [0.15, 0.2) is 42.6 Å². The van der Waals surface area contributed by atoms with E-state index in [1.54, 1.807) is 0 Å². The Morgan fingerprint density at radius 2 is 1.77 bits per heavy atom. The molecule has 1 aromatic carbocycles. The van der Waals surface area contributed by atoms with Gasteiger partial charge in [-0.15, -0.1) is 0 Å². The summed E-state index contributed by atoms with van der Waals surface area (Å²) in [7, 11) is 4.07. The lowest BCUT2D eigenvalue weighted by Gasteiger charge is -2.08. The van der Waals surface area contributed by atoms with E-state index >= 15 is 0 Å². The number of allylic oxidation sites excluding steroid dienone is 1. The summed E-state index contributed by atoms with van der Waals surface area (Å²) in [5, 5.41) is 0. The molecule has 0 radical (unpaired) electrons. The lowest BCUT2D eigenvalue weighted by Crippen LogP contribution is -2.01. The van der Waals surface area contributed by atoms with Crippen LogP contribution >= 0.6 is 0 Å². The third kappa shape index (κ3) is 3.32. The first-order valence-corrected chi connectivity index (χ1v) is 4.60. The second-order valence-electron chi connectivity index (χ2n) is 3.50. The molecular weight excluding hydrogens is 158 g/mol. The molecule has 0 aliphatic rings. The Morgan fingerprint density at radius 1 is 1.15 bits per heavy atom. The van der Waals surface area contributed by atoms with E-state index in [2.05, 4.69) is 48.4 Å². The van der Waals surface area contributed by atoms with Crippen molar-refractivity contribution in [1.82, 2.24) is 4.90 Å². The summed E-state index contributed by atoms with van der Waals surface area (Å²) >= 11 is 0. The van der Waals surface area contributed by atoms with E-state index < -0.39 is 0 Å². The standard InChI is InChI=1S/C12H17N/c1-11(9-10-13(2)3)12-7-5-4-6-8-12/h4-11H,1-3H3/b10-9+/t11-/m0/s1.